The third-order valence-electron chi connectivity index (χ3n) is 11.8. The van der Waals surface area contributed by atoms with Gasteiger partial charge in [-0.05, 0) is 81.5 Å². The first kappa shape index (κ1) is 32.5. The molecule has 0 aliphatic heterocycles. The second-order valence-electron chi connectivity index (χ2n) is 14.7. The fourth-order valence-corrected chi connectivity index (χ4v) is 9.92. The lowest BCUT2D eigenvalue weighted by atomic mass is 9.49. The average molecular weight is 637 g/mol. The summed E-state index contributed by atoms with van der Waals surface area (Å²) in [7, 11) is 2.99. The van der Waals surface area contributed by atoms with Crippen molar-refractivity contribution in [1.82, 2.24) is 4.90 Å². The number of Topliss-reactive ketones (excluding diaryl/α,β-unsaturated/α-hetero) is 4. The Morgan fingerprint density at radius 2 is 1.72 bits per heavy atom. The Balaban J connectivity index is 1.36. The van der Waals surface area contributed by atoms with Crippen molar-refractivity contribution in [2.24, 2.45) is 47.2 Å². The van der Waals surface area contributed by atoms with Crippen LogP contribution in [-0.2, 0) is 28.7 Å². The molecule has 0 heterocycles. The lowest BCUT2D eigenvalue weighted by Crippen LogP contribution is -2.78. The molecule has 2 bridgehead atoms. The molecule has 4 fully saturated rings. The minimum absolute atomic E-state index is 0.0525. The lowest BCUT2D eigenvalue weighted by molar-refractivity contribution is -0.205. The molecule has 1 aromatic rings. The number of hydrogen-bond acceptors (Lipinski definition) is 10. The first-order chi connectivity index (χ1) is 21.8. The van der Waals surface area contributed by atoms with E-state index in [4.69, 9.17) is 10.5 Å². The van der Waals surface area contributed by atoms with Crippen LogP contribution >= 0.6 is 0 Å². The van der Waals surface area contributed by atoms with Crippen LogP contribution in [-0.4, -0.2) is 82.0 Å². The topological polar surface area (TPSA) is 181 Å². The van der Waals surface area contributed by atoms with E-state index in [2.05, 4.69) is 0 Å². The molecule has 0 radical (unpaired) electrons. The maximum atomic E-state index is 14.3. The number of nitrogens with zero attached hydrogens (tertiary/aromatic N) is 1. The Morgan fingerprint density at radius 3 is 2.35 bits per heavy atom. The zero-order chi connectivity index (χ0) is 33.2. The van der Waals surface area contributed by atoms with E-state index in [1.807, 2.05) is 0 Å². The fraction of sp³-hybridized carbons (Fsp3) is 0.657. The summed E-state index contributed by atoms with van der Waals surface area (Å²) in [5, 5.41) is 22.8. The number of amides is 1. The molecule has 5 aliphatic rings. The van der Waals surface area contributed by atoms with Crippen molar-refractivity contribution < 1.29 is 43.7 Å². The molecule has 5 aliphatic carbocycles. The van der Waals surface area contributed by atoms with Crippen molar-refractivity contribution in [3.63, 3.8) is 0 Å². The van der Waals surface area contributed by atoms with Crippen LogP contribution in [0.2, 0.25) is 0 Å². The fourth-order valence-electron chi connectivity index (χ4n) is 9.92. The van der Waals surface area contributed by atoms with Crippen molar-refractivity contribution in [2.45, 2.75) is 88.4 Å². The number of ether oxygens (including phenoxy) is 1. The Morgan fingerprint density at radius 1 is 1.04 bits per heavy atom. The van der Waals surface area contributed by atoms with E-state index >= 15 is 0 Å². The van der Waals surface area contributed by atoms with Gasteiger partial charge >= 0.3 is 5.97 Å². The third kappa shape index (κ3) is 5.01. The van der Waals surface area contributed by atoms with Gasteiger partial charge in [0.25, 0.3) is 0 Å². The number of aromatic hydroxyl groups is 1. The van der Waals surface area contributed by atoms with Crippen LogP contribution in [0.5, 0.6) is 5.75 Å². The number of carbonyl (C=O) groups is 6. The highest BCUT2D eigenvalue weighted by Gasteiger charge is 2.74. The van der Waals surface area contributed by atoms with Gasteiger partial charge in [-0.1, -0.05) is 38.3 Å². The molecule has 11 nitrogen and oxygen atoms in total. The molecule has 4 N–H and O–H groups in total. The number of nitrogens with two attached hydrogens (primary N) is 1. The number of benzene rings is 1. The van der Waals surface area contributed by atoms with E-state index in [0.29, 0.717) is 17.9 Å². The van der Waals surface area contributed by atoms with Gasteiger partial charge in [0.05, 0.1) is 23.4 Å². The van der Waals surface area contributed by atoms with Crippen molar-refractivity contribution in [2.75, 3.05) is 14.1 Å². The largest absolute Gasteiger partial charge is 0.507 e. The molecular formula is C35H44N2O9. The number of rotatable bonds is 7. The Labute approximate surface area is 268 Å². The molecule has 11 heteroatoms. The monoisotopic (exact) mass is 636 g/mol. The first-order valence-corrected chi connectivity index (χ1v) is 16.6. The Bertz CT molecular complexity index is 1480. The van der Waals surface area contributed by atoms with Gasteiger partial charge in [0.15, 0.2) is 34.7 Å². The number of phenolic OH excluding ortho intramolecular Hbond substituents is 1. The number of aliphatic hydroxyl groups is 1. The predicted molar refractivity (Wildman–Crippen MR) is 163 cm³/mol. The summed E-state index contributed by atoms with van der Waals surface area (Å²) in [4.78, 5) is 83.2. The van der Waals surface area contributed by atoms with Crippen LogP contribution in [0.4, 0.5) is 0 Å². The number of carbonyl (C=O) groups excluding carboxylic acids is 6. The number of ketones is 4. The van der Waals surface area contributed by atoms with Gasteiger partial charge in [-0.25, -0.2) is 0 Å². The van der Waals surface area contributed by atoms with Gasteiger partial charge < -0.3 is 20.7 Å². The average Bonchev–Trinajstić information content (AvgIpc) is 2.98. The van der Waals surface area contributed by atoms with Gasteiger partial charge in [-0.3, -0.25) is 33.7 Å². The SMILES string of the molecule is C[C@H]1c2cccc(O)c2C(=O)C2C(=O)[C@]3(O)C(=O)C(C(N)=O)C(=O)[C@@H](N(C)C)[C@@H]3[C@@H](OC(=O)CCCC3CC4CCCC(C3)C4)[C@@H]21. The van der Waals surface area contributed by atoms with Crippen LogP contribution in [0.1, 0.15) is 86.6 Å². The normalized spacial score (nSPS) is 38.5. The molecule has 0 aromatic heterocycles. The third-order valence-corrected chi connectivity index (χ3v) is 11.8. The van der Waals surface area contributed by atoms with Crippen molar-refractivity contribution >= 4 is 35.0 Å². The van der Waals surface area contributed by atoms with Crippen molar-refractivity contribution in [1.29, 1.82) is 0 Å². The van der Waals surface area contributed by atoms with E-state index in [1.165, 1.54) is 50.7 Å². The van der Waals surface area contributed by atoms with E-state index in [1.54, 1.807) is 19.1 Å². The molecular weight excluding hydrogens is 592 g/mol. The Hall–Kier alpha value is -3.44. The van der Waals surface area contributed by atoms with Gasteiger partial charge in [0.2, 0.25) is 5.91 Å². The van der Waals surface area contributed by atoms with Gasteiger partial charge in [-0.2, -0.15) is 0 Å². The predicted octanol–water partition coefficient (Wildman–Crippen LogP) is 2.34. The summed E-state index contributed by atoms with van der Waals surface area (Å²) in [6, 6.07) is 3.10. The number of esters is 1. The molecule has 46 heavy (non-hydrogen) atoms. The molecule has 6 rings (SSSR count). The highest BCUT2D eigenvalue weighted by molar-refractivity contribution is 6.32. The maximum absolute atomic E-state index is 14.3. The number of likely N-dealkylation sites (N-methyl/N-ethyl adjacent to an activating group) is 1. The summed E-state index contributed by atoms with van der Waals surface area (Å²) in [5.41, 5.74) is 2.75. The van der Waals surface area contributed by atoms with Crippen LogP contribution < -0.4 is 5.73 Å². The molecule has 248 valence electrons. The quantitative estimate of drug-likeness (QED) is 0.297. The Kier molecular flexibility index (Phi) is 8.46. The molecule has 4 unspecified atom stereocenters. The van der Waals surface area contributed by atoms with Crippen molar-refractivity contribution in [3.8, 4) is 5.75 Å². The highest BCUT2D eigenvalue weighted by Crippen LogP contribution is 2.55. The molecule has 0 spiro atoms. The first-order valence-electron chi connectivity index (χ1n) is 16.6. The second kappa shape index (κ2) is 12.0. The highest BCUT2D eigenvalue weighted by atomic mass is 16.5. The minimum atomic E-state index is -3.02. The number of hydrogen-bond donors (Lipinski definition) is 3. The van der Waals surface area contributed by atoms with Gasteiger partial charge in [0, 0.05) is 12.3 Å². The number of primary amides is 1. The zero-order valence-corrected chi connectivity index (χ0v) is 26.6. The summed E-state index contributed by atoms with van der Waals surface area (Å²) in [6.07, 6.45) is 7.51. The van der Waals surface area contributed by atoms with Crippen molar-refractivity contribution in [3.05, 3.63) is 29.3 Å². The van der Waals surface area contributed by atoms with E-state index < -0.39 is 82.3 Å². The van der Waals surface area contributed by atoms with Crippen LogP contribution in [0, 0.1) is 41.4 Å². The van der Waals surface area contributed by atoms with Gasteiger partial charge in [-0.15, -0.1) is 0 Å². The summed E-state index contributed by atoms with van der Waals surface area (Å²) in [5.74, 6) is -11.7. The zero-order valence-electron chi connectivity index (χ0n) is 26.6. The number of phenols is 1. The van der Waals surface area contributed by atoms with Crippen LogP contribution in [0.15, 0.2) is 18.2 Å². The van der Waals surface area contributed by atoms with E-state index in [0.717, 1.165) is 31.1 Å². The molecule has 10 atom stereocenters. The van der Waals surface area contributed by atoms with E-state index in [9.17, 15) is 39.0 Å². The molecule has 4 saturated carbocycles. The summed E-state index contributed by atoms with van der Waals surface area (Å²) in [6.45, 7) is 1.73. The second-order valence-corrected chi connectivity index (χ2v) is 14.7. The molecule has 0 saturated heterocycles. The summed E-state index contributed by atoms with van der Waals surface area (Å²) < 4.78 is 6.13. The van der Waals surface area contributed by atoms with Gasteiger partial charge in [0.1, 0.15) is 11.9 Å². The van der Waals surface area contributed by atoms with E-state index in [-0.39, 0.29) is 17.7 Å². The lowest BCUT2D eigenvalue weighted by Gasteiger charge is -2.56. The number of fused-ring (bicyclic) bond motifs is 5. The smallest absolute Gasteiger partial charge is 0.306 e. The van der Waals surface area contributed by atoms with Crippen LogP contribution in [0.25, 0.3) is 0 Å². The minimum Gasteiger partial charge on any atom is -0.507 e. The molecule has 1 aromatic carbocycles. The maximum Gasteiger partial charge on any atom is 0.306 e. The van der Waals surface area contributed by atoms with Crippen LogP contribution in [0.3, 0.4) is 0 Å². The molecule has 1 amide bonds. The summed E-state index contributed by atoms with van der Waals surface area (Å²) >= 11 is 0. The standard InChI is InChI=1S/C35H44N2O9/c1-16-20-10-6-11-21(38)24(20)29(40)25-23(16)31(46-22(39)12-5-9-19-14-17-7-4-8-18(13-17)15-19)27-28(37(2)3)30(41)26(34(36)44)33(43)35(27,45)32(25)42/h6,10-11,16-19,23,25-28,31,38,45H,4-5,7-9,12-15H2,1-3H3,(H2,36,44)/t16-,17?,18?,19?,23+,25?,26?,27+,28-,31-,35-/m0/s1.